The van der Waals surface area contributed by atoms with Crippen molar-refractivity contribution < 1.29 is 31.2 Å². The Kier molecular flexibility index (Phi) is 12.5. The Morgan fingerprint density at radius 1 is 1.06 bits per heavy atom. The summed E-state index contributed by atoms with van der Waals surface area (Å²) in [6.45, 7) is 13.6. The predicted octanol–water partition coefficient (Wildman–Crippen LogP) is 4.89. The number of ether oxygens (including phenoxy) is 3. The van der Waals surface area contributed by atoms with Crippen molar-refractivity contribution >= 4 is 18.4 Å². The topological polar surface area (TPSA) is 80.3 Å². The molecule has 33 heavy (non-hydrogen) atoms. The van der Waals surface area contributed by atoms with Crippen molar-refractivity contribution in [3.8, 4) is 0 Å². The molecule has 0 aromatic heterocycles. The highest BCUT2D eigenvalue weighted by Gasteiger charge is 2.37. The maximum atomic E-state index is 11.9. The molecule has 0 fully saturated rings. The lowest BCUT2D eigenvalue weighted by atomic mass is 10.1. The van der Waals surface area contributed by atoms with Crippen molar-refractivity contribution in [1.82, 2.24) is 0 Å². The van der Waals surface area contributed by atoms with Crippen LogP contribution in [0.3, 0.4) is 0 Å². The van der Waals surface area contributed by atoms with Gasteiger partial charge in [-0.2, -0.15) is 8.42 Å². The molecule has 0 saturated heterocycles. The van der Waals surface area contributed by atoms with Gasteiger partial charge in [-0.15, -0.1) is 0 Å². The summed E-state index contributed by atoms with van der Waals surface area (Å²) < 4.78 is 52.2. The maximum Gasteiger partial charge on any atom is 0.264 e. The highest BCUT2D eigenvalue weighted by molar-refractivity contribution is 7.86. The number of rotatable bonds is 15. The monoisotopic (exact) mass is 502 g/mol. The summed E-state index contributed by atoms with van der Waals surface area (Å²) in [7, 11) is -4.17. The van der Waals surface area contributed by atoms with Gasteiger partial charge in [0.05, 0.1) is 19.0 Å². The smallest absolute Gasteiger partial charge is 0.264 e. The molecule has 0 N–H and O–H groups in total. The summed E-state index contributed by atoms with van der Waals surface area (Å²) in [5, 5.41) is 0.0531. The molecule has 7 nitrogen and oxygen atoms in total. The fourth-order valence-electron chi connectivity index (χ4n) is 2.70. The molecule has 190 valence electrons. The van der Waals surface area contributed by atoms with Crippen LogP contribution in [0.1, 0.15) is 39.7 Å². The van der Waals surface area contributed by atoms with Gasteiger partial charge in [-0.05, 0) is 37.0 Å². The van der Waals surface area contributed by atoms with Crippen molar-refractivity contribution in [3.63, 3.8) is 0 Å². The summed E-state index contributed by atoms with van der Waals surface area (Å²) in [4.78, 5) is 0. The Bertz CT molecular complexity index is 804. The van der Waals surface area contributed by atoms with Crippen LogP contribution in [0.4, 0.5) is 0 Å². The van der Waals surface area contributed by atoms with Crippen molar-refractivity contribution in [2.45, 2.75) is 77.2 Å². The van der Waals surface area contributed by atoms with Crippen LogP contribution >= 0.6 is 0 Å². The standard InChI is InChI=1S/C24H42O7SSi/c1-20(28-18-21-12-10-9-11-13-21)14-15-22(29-19-27-5)23(31-32(6,25)26)16-17-30-33(7,8)24(2,3)4/h9-15,20,22-23H,16-19H2,1-8H3/b15-14+/t20-,22+,23+/m1/s1. The van der Waals surface area contributed by atoms with Crippen LogP contribution in [0.25, 0.3) is 0 Å². The summed E-state index contributed by atoms with van der Waals surface area (Å²) in [6, 6.07) is 9.89. The van der Waals surface area contributed by atoms with Crippen molar-refractivity contribution in [3.05, 3.63) is 48.0 Å². The van der Waals surface area contributed by atoms with E-state index in [-0.39, 0.29) is 17.9 Å². The van der Waals surface area contributed by atoms with Crippen LogP contribution in [-0.2, 0) is 39.5 Å². The minimum Gasteiger partial charge on any atom is -0.417 e. The van der Waals surface area contributed by atoms with Crippen LogP contribution < -0.4 is 0 Å². The molecule has 0 aliphatic carbocycles. The Balaban J connectivity index is 2.88. The molecule has 0 saturated carbocycles. The Morgan fingerprint density at radius 3 is 2.24 bits per heavy atom. The predicted molar refractivity (Wildman–Crippen MR) is 134 cm³/mol. The van der Waals surface area contributed by atoms with Gasteiger partial charge in [0.1, 0.15) is 19.0 Å². The SMILES string of the molecule is COCO[C@@H](/C=C/[C@@H](C)OCc1ccccc1)[C@H](CCO[Si](C)(C)C(C)(C)C)OS(C)(=O)=O. The molecule has 1 aromatic carbocycles. The molecular formula is C24H42O7SSi. The lowest BCUT2D eigenvalue weighted by Gasteiger charge is -2.36. The largest absolute Gasteiger partial charge is 0.417 e. The first kappa shape index (κ1) is 30.0. The third-order valence-electron chi connectivity index (χ3n) is 5.64. The van der Waals surface area contributed by atoms with E-state index < -0.39 is 30.6 Å². The van der Waals surface area contributed by atoms with Crippen LogP contribution in [0.2, 0.25) is 18.1 Å². The normalized spacial score (nSPS) is 16.1. The van der Waals surface area contributed by atoms with Gasteiger partial charge in [0.2, 0.25) is 0 Å². The van der Waals surface area contributed by atoms with Gasteiger partial charge in [0, 0.05) is 13.7 Å². The van der Waals surface area contributed by atoms with E-state index in [9.17, 15) is 8.42 Å². The Hall–Kier alpha value is -1.07. The minimum atomic E-state index is -3.70. The number of hydrogen-bond donors (Lipinski definition) is 0. The molecule has 0 spiro atoms. The molecule has 9 heteroatoms. The van der Waals surface area contributed by atoms with Crippen LogP contribution in [-0.4, -0.2) is 61.8 Å². The molecule has 1 rings (SSSR count). The van der Waals surface area contributed by atoms with E-state index in [2.05, 4.69) is 33.9 Å². The molecule has 0 unspecified atom stereocenters. The van der Waals surface area contributed by atoms with Gasteiger partial charge in [0.15, 0.2) is 8.32 Å². The van der Waals surface area contributed by atoms with Gasteiger partial charge in [-0.3, -0.25) is 4.18 Å². The third-order valence-corrected chi connectivity index (χ3v) is 10.8. The van der Waals surface area contributed by atoms with E-state index >= 15 is 0 Å². The number of benzene rings is 1. The second-order valence-electron chi connectivity index (χ2n) is 9.66. The Morgan fingerprint density at radius 2 is 1.70 bits per heavy atom. The zero-order valence-corrected chi connectivity index (χ0v) is 23.2. The minimum absolute atomic E-state index is 0.000966. The van der Waals surface area contributed by atoms with Crippen molar-refractivity contribution in [2.75, 3.05) is 26.8 Å². The van der Waals surface area contributed by atoms with Gasteiger partial charge in [0.25, 0.3) is 10.1 Å². The van der Waals surface area contributed by atoms with E-state index in [0.717, 1.165) is 11.8 Å². The molecule has 0 bridgehead atoms. The lowest BCUT2D eigenvalue weighted by Crippen LogP contribution is -2.42. The van der Waals surface area contributed by atoms with Crippen molar-refractivity contribution in [2.24, 2.45) is 0 Å². The molecule has 0 amide bonds. The van der Waals surface area contributed by atoms with Crippen LogP contribution in [0, 0.1) is 0 Å². The number of hydrogen-bond acceptors (Lipinski definition) is 7. The van der Waals surface area contributed by atoms with E-state index in [1.165, 1.54) is 7.11 Å². The third kappa shape index (κ3) is 12.3. The molecule has 1 aromatic rings. The van der Waals surface area contributed by atoms with Gasteiger partial charge < -0.3 is 18.6 Å². The van der Waals surface area contributed by atoms with Crippen LogP contribution in [0.5, 0.6) is 0 Å². The molecule has 0 radical (unpaired) electrons. The second kappa shape index (κ2) is 13.7. The molecule has 0 aliphatic heterocycles. The summed E-state index contributed by atoms with van der Waals surface area (Å²) >= 11 is 0. The highest BCUT2D eigenvalue weighted by atomic mass is 32.2. The summed E-state index contributed by atoms with van der Waals surface area (Å²) in [5.74, 6) is 0. The quantitative estimate of drug-likeness (QED) is 0.146. The zero-order chi connectivity index (χ0) is 25.1. The fraction of sp³-hybridized carbons (Fsp3) is 0.667. The molecule has 0 heterocycles. The van der Waals surface area contributed by atoms with E-state index in [1.54, 1.807) is 6.08 Å². The average Bonchev–Trinajstić information content (AvgIpc) is 2.70. The number of methoxy groups -OCH3 is 1. The van der Waals surface area contributed by atoms with Crippen LogP contribution in [0.15, 0.2) is 42.5 Å². The summed E-state index contributed by atoms with van der Waals surface area (Å²) in [6.07, 6.45) is 3.41. The second-order valence-corrected chi connectivity index (χ2v) is 16.1. The molecule has 3 atom stereocenters. The highest BCUT2D eigenvalue weighted by Crippen LogP contribution is 2.36. The molecule has 0 aliphatic rings. The molecular weight excluding hydrogens is 460 g/mol. The summed E-state index contributed by atoms with van der Waals surface area (Å²) in [5.41, 5.74) is 1.07. The van der Waals surface area contributed by atoms with Crippen molar-refractivity contribution in [1.29, 1.82) is 0 Å². The first-order chi connectivity index (χ1) is 15.2. The van der Waals surface area contributed by atoms with Gasteiger partial charge in [-0.1, -0.05) is 63.3 Å². The first-order valence-corrected chi connectivity index (χ1v) is 15.9. The van der Waals surface area contributed by atoms with E-state index in [1.807, 2.05) is 43.3 Å². The van der Waals surface area contributed by atoms with E-state index in [4.69, 9.17) is 22.8 Å². The van der Waals surface area contributed by atoms with E-state index in [0.29, 0.717) is 19.6 Å². The van der Waals surface area contributed by atoms with Gasteiger partial charge >= 0.3 is 0 Å². The lowest BCUT2D eigenvalue weighted by molar-refractivity contribution is -0.0895. The first-order valence-electron chi connectivity index (χ1n) is 11.2. The fourth-order valence-corrected chi connectivity index (χ4v) is 4.41. The zero-order valence-electron chi connectivity index (χ0n) is 21.4. The van der Waals surface area contributed by atoms with Gasteiger partial charge in [-0.25, -0.2) is 0 Å². The average molecular weight is 503 g/mol. The maximum absolute atomic E-state index is 11.9. The Labute approximate surface area is 201 Å².